The zero-order valence-electron chi connectivity index (χ0n) is 23.4. The highest BCUT2D eigenvalue weighted by Gasteiger charge is 2.20. The summed E-state index contributed by atoms with van der Waals surface area (Å²) in [6.45, 7) is 2.63. The number of aromatic nitrogens is 3. The van der Waals surface area contributed by atoms with E-state index in [0.717, 1.165) is 16.7 Å². The van der Waals surface area contributed by atoms with Crippen LogP contribution in [0.25, 0.3) is 16.8 Å². The van der Waals surface area contributed by atoms with Gasteiger partial charge in [-0.05, 0) is 65.7 Å². The lowest BCUT2D eigenvalue weighted by molar-refractivity contribution is 0.0302. The Balaban J connectivity index is 1.13. The van der Waals surface area contributed by atoms with Crippen molar-refractivity contribution in [1.29, 1.82) is 0 Å². The number of amides is 2. The second kappa shape index (κ2) is 12.5. The number of hydrogen-bond acceptors (Lipinski definition) is 7. The number of hydrogen-bond donors (Lipinski definition) is 2. The van der Waals surface area contributed by atoms with Crippen LogP contribution in [0.2, 0.25) is 5.02 Å². The molecule has 218 valence electrons. The molecule has 1 saturated heterocycles. The Bertz CT molecular complexity index is 1770. The fourth-order valence-electron chi connectivity index (χ4n) is 4.80. The molecule has 1 fully saturated rings. The Morgan fingerprint density at radius 2 is 1.65 bits per heavy atom. The van der Waals surface area contributed by atoms with E-state index in [1.807, 2.05) is 42.6 Å². The van der Waals surface area contributed by atoms with Crippen molar-refractivity contribution in [3.8, 4) is 16.9 Å². The molecule has 1 aliphatic heterocycles. The molecule has 10 nitrogen and oxygen atoms in total. The number of carbonyl (C=O) groups is 2. The Labute approximate surface area is 253 Å². The van der Waals surface area contributed by atoms with Crippen molar-refractivity contribution < 1.29 is 19.1 Å². The van der Waals surface area contributed by atoms with Crippen molar-refractivity contribution in [2.75, 3.05) is 38.7 Å². The average molecular weight is 597 g/mol. The van der Waals surface area contributed by atoms with Gasteiger partial charge in [0.05, 0.1) is 26.0 Å². The Hall–Kier alpha value is -4.93. The summed E-state index contributed by atoms with van der Waals surface area (Å²) in [6.07, 6.45) is 1.88. The van der Waals surface area contributed by atoms with Crippen LogP contribution in [-0.2, 0) is 11.3 Å². The lowest BCUT2D eigenvalue weighted by atomic mass is 10.1. The first-order chi connectivity index (χ1) is 21.0. The highest BCUT2D eigenvalue weighted by Crippen LogP contribution is 2.29. The molecule has 11 heteroatoms. The molecular formula is C32H29ClN6O4. The number of methoxy groups -OCH3 is 1. The van der Waals surface area contributed by atoms with Gasteiger partial charge in [0.2, 0.25) is 5.95 Å². The number of nitrogens with zero attached hydrogens (tertiary/aromatic N) is 4. The van der Waals surface area contributed by atoms with Gasteiger partial charge in [0.15, 0.2) is 5.65 Å². The molecule has 2 aromatic heterocycles. The average Bonchev–Trinajstić information content (AvgIpc) is 3.46. The number of halogens is 1. The molecule has 0 aliphatic carbocycles. The van der Waals surface area contributed by atoms with Crippen molar-refractivity contribution in [1.82, 2.24) is 24.8 Å². The van der Waals surface area contributed by atoms with Gasteiger partial charge in [-0.3, -0.25) is 9.59 Å². The SMILES string of the molecule is COc1cc(C(=O)N2CCOCC2)ccc1Nc1nc2ccc(-c3ccc(C(=O)NCc4ccc(Cl)cc4)cc3)cn2n1. The number of morpholine rings is 1. The number of fused-ring (bicyclic) bond motifs is 1. The van der Waals surface area contributed by atoms with Gasteiger partial charge in [-0.2, -0.15) is 4.98 Å². The fraction of sp³-hybridized carbons (Fsp3) is 0.188. The quantitative estimate of drug-likeness (QED) is 0.253. The van der Waals surface area contributed by atoms with Crippen LogP contribution in [0.1, 0.15) is 26.3 Å². The molecule has 2 amide bonds. The summed E-state index contributed by atoms with van der Waals surface area (Å²) in [4.78, 5) is 31.9. The molecule has 1 aliphatic rings. The van der Waals surface area contributed by atoms with Gasteiger partial charge < -0.3 is 25.0 Å². The van der Waals surface area contributed by atoms with Gasteiger partial charge in [-0.25, -0.2) is 4.52 Å². The third kappa shape index (κ3) is 6.45. The number of ether oxygens (including phenoxy) is 2. The van der Waals surface area contributed by atoms with Gasteiger partial charge in [0, 0.05) is 47.5 Å². The summed E-state index contributed by atoms with van der Waals surface area (Å²) in [5, 5.41) is 11.4. The second-order valence-electron chi connectivity index (χ2n) is 9.99. The van der Waals surface area contributed by atoms with Crippen molar-refractivity contribution in [3.63, 3.8) is 0 Å². The maximum atomic E-state index is 12.9. The summed E-state index contributed by atoms with van der Waals surface area (Å²) in [5.41, 5.74) is 5.23. The molecule has 0 atom stereocenters. The minimum Gasteiger partial charge on any atom is -0.495 e. The molecule has 5 aromatic rings. The van der Waals surface area contributed by atoms with E-state index in [1.165, 1.54) is 0 Å². The Morgan fingerprint density at radius 1 is 0.930 bits per heavy atom. The second-order valence-corrected chi connectivity index (χ2v) is 10.4. The minimum absolute atomic E-state index is 0.0573. The molecule has 2 N–H and O–H groups in total. The molecule has 0 radical (unpaired) electrons. The van der Waals surface area contributed by atoms with E-state index in [1.54, 1.807) is 59.0 Å². The first-order valence-electron chi connectivity index (χ1n) is 13.8. The molecule has 0 unspecified atom stereocenters. The first kappa shape index (κ1) is 28.2. The number of rotatable bonds is 8. The topological polar surface area (TPSA) is 110 Å². The molecule has 0 spiro atoms. The van der Waals surface area contributed by atoms with Gasteiger partial charge in [-0.1, -0.05) is 35.9 Å². The van der Waals surface area contributed by atoms with E-state index in [9.17, 15) is 9.59 Å². The van der Waals surface area contributed by atoms with Gasteiger partial charge in [0.1, 0.15) is 5.75 Å². The van der Waals surface area contributed by atoms with Crippen molar-refractivity contribution >= 4 is 40.7 Å². The zero-order valence-corrected chi connectivity index (χ0v) is 24.2. The lowest BCUT2D eigenvalue weighted by Gasteiger charge is -2.27. The van der Waals surface area contributed by atoms with Crippen LogP contribution in [0.4, 0.5) is 11.6 Å². The molecule has 0 saturated carbocycles. The summed E-state index contributed by atoms with van der Waals surface area (Å²) < 4.78 is 12.6. The highest BCUT2D eigenvalue weighted by atomic mass is 35.5. The maximum Gasteiger partial charge on any atom is 0.254 e. The normalized spacial score (nSPS) is 13.1. The summed E-state index contributed by atoms with van der Waals surface area (Å²) >= 11 is 5.93. The number of nitrogens with one attached hydrogen (secondary N) is 2. The monoisotopic (exact) mass is 596 g/mol. The smallest absolute Gasteiger partial charge is 0.254 e. The van der Waals surface area contributed by atoms with Gasteiger partial charge in [0.25, 0.3) is 11.8 Å². The van der Waals surface area contributed by atoms with E-state index in [2.05, 4.69) is 20.7 Å². The van der Waals surface area contributed by atoms with E-state index < -0.39 is 0 Å². The largest absolute Gasteiger partial charge is 0.495 e. The van der Waals surface area contributed by atoms with Crippen LogP contribution >= 0.6 is 11.6 Å². The Kier molecular flexibility index (Phi) is 8.21. The third-order valence-electron chi connectivity index (χ3n) is 7.17. The fourth-order valence-corrected chi connectivity index (χ4v) is 4.93. The van der Waals surface area contributed by atoms with Gasteiger partial charge in [-0.15, -0.1) is 5.10 Å². The number of benzene rings is 3. The lowest BCUT2D eigenvalue weighted by Crippen LogP contribution is -2.40. The summed E-state index contributed by atoms with van der Waals surface area (Å²) in [7, 11) is 1.56. The number of anilines is 2. The molecule has 43 heavy (non-hydrogen) atoms. The molecule has 3 heterocycles. The molecule has 6 rings (SSSR count). The van der Waals surface area contributed by atoms with Crippen molar-refractivity contribution in [2.45, 2.75) is 6.54 Å². The predicted octanol–water partition coefficient (Wildman–Crippen LogP) is 5.20. The van der Waals surface area contributed by atoms with E-state index in [-0.39, 0.29) is 11.8 Å². The summed E-state index contributed by atoms with van der Waals surface area (Å²) in [6, 6.07) is 23.9. The van der Waals surface area contributed by atoms with Gasteiger partial charge >= 0.3 is 0 Å². The molecule has 0 bridgehead atoms. The van der Waals surface area contributed by atoms with E-state index in [4.69, 9.17) is 21.1 Å². The van der Waals surface area contributed by atoms with E-state index >= 15 is 0 Å². The first-order valence-corrected chi connectivity index (χ1v) is 14.2. The summed E-state index contributed by atoms with van der Waals surface area (Å²) in [5.74, 6) is 0.683. The van der Waals surface area contributed by atoms with Crippen LogP contribution in [-0.4, -0.2) is 64.7 Å². The van der Waals surface area contributed by atoms with Crippen LogP contribution in [0.5, 0.6) is 5.75 Å². The number of pyridine rings is 1. The minimum atomic E-state index is -0.155. The molecular weight excluding hydrogens is 568 g/mol. The van der Waals surface area contributed by atoms with Crippen LogP contribution in [0, 0.1) is 0 Å². The maximum absolute atomic E-state index is 12.9. The highest BCUT2D eigenvalue weighted by molar-refractivity contribution is 6.30. The predicted molar refractivity (Wildman–Crippen MR) is 164 cm³/mol. The zero-order chi connectivity index (χ0) is 29.8. The third-order valence-corrected chi connectivity index (χ3v) is 7.42. The van der Waals surface area contributed by atoms with Crippen LogP contribution < -0.4 is 15.4 Å². The van der Waals surface area contributed by atoms with Crippen LogP contribution in [0.3, 0.4) is 0 Å². The molecule has 3 aromatic carbocycles. The van der Waals surface area contributed by atoms with Crippen LogP contribution in [0.15, 0.2) is 85.1 Å². The standard InChI is InChI=1S/C32H29ClN6O4/c1-42-28-18-24(31(41)38-14-16-43-17-15-38)8-12-27(28)35-32-36-29-13-9-25(20-39(29)37-32)22-4-6-23(7-5-22)30(40)34-19-21-2-10-26(33)11-3-21/h2-13,18,20H,14-17,19H2,1H3,(H,34,40)(H,35,37). The Morgan fingerprint density at radius 3 is 2.40 bits per heavy atom. The van der Waals surface area contributed by atoms with Crippen molar-refractivity contribution in [2.24, 2.45) is 0 Å². The van der Waals surface area contributed by atoms with Crippen molar-refractivity contribution in [3.05, 3.63) is 107 Å². The van der Waals surface area contributed by atoms with E-state index in [0.29, 0.717) is 72.0 Å². The number of carbonyl (C=O) groups excluding carboxylic acids is 2.